The van der Waals surface area contributed by atoms with Gasteiger partial charge in [0.15, 0.2) is 0 Å². The van der Waals surface area contributed by atoms with Gasteiger partial charge in [0.05, 0.1) is 6.54 Å². The van der Waals surface area contributed by atoms with E-state index in [9.17, 15) is 13.2 Å². The topological polar surface area (TPSA) is 29.3 Å². The molecule has 5 heteroatoms. The molecule has 18 heavy (non-hydrogen) atoms. The molecule has 1 saturated carbocycles. The van der Waals surface area contributed by atoms with E-state index in [1.807, 2.05) is 0 Å². The van der Waals surface area contributed by atoms with E-state index in [0.717, 1.165) is 25.7 Å². The minimum Gasteiger partial charge on any atom is -0.330 e. The Morgan fingerprint density at radius 3 is 2.33 bits per heavy atom. The Labute approximate surface area is 108 Å². The first-order chi connectivity index (χ1) is 8.41. The van der Waals surface area contributed by atoms with E-state index in [1.165, 1.54) is 0 Å². The Balaban J connectivity index is 2.72. The Morgan fingerprint density at radius 1 is 1.22 bits per heavy atom. The lowest BCUT2D eigenvalue weighted by Gasteiger charge is -2.42. The summed E-state index contributed by atoms with van der Waals surface area (Å²) in [5.41, 5.74) is 5.73. The van der Waals surface area contributed by atoms with Crippen LogP contribution in [0.5, 0.6) is 0 Å². The zero-order valence-electron chi connectivity index (χ0n) is 11.3. The highest BCUT2D eigenvalue weighted by Gasteiger charge is 2.38. The standard InChI is InChI=1S/C13H25F3N2/c1-3-10-5-6-11(8-17)12(7-10)18(4-2)9-13(14,15)16/h10-12H,3-9,17H2,1-2H3. The molecule has 2 N–H and O–H groups in total. The van der Waals surface area contributed by atoms with Gasteiger partial charge in [-0.15, -0.1) is 0 Å². The maximum Gasteiger partial charge on any atom is 0.401 e. The fraction of sp³-hybridized carbons (Fsp3) is 1.00. The fourth-order valence-electron chi connectivity index (χ4n) is 3.08. The highest BCUT2D eigenvalue weighted by Crippen LogP contribution is 2.34. The Morgan fingerprint density at radius 2 is 1.89 bits per heavy atom. The van der Waals surface area contributed by atoms with Gasteiger partial charge in [-0.3, -0.25) is 4.90 Å². The monoisotopic (exact) mass is 266 g/mol. The second-order valence-electron chi connectivity index (χ2n) is 5.33. The number of alkyl halides is 3. The van der Waals surface area contributed by atoms with E-state index in [4.69, 9.17) is 5.73 Å². The van der Waals surface area contributed by atoms with E-state index in [1.54, 1.807) is 11.8 Å². The zero-order chi connectivity index (χ0) is 13.8. The number of halogens is 3. The van der Waals surface area contributed by atoms with Crippen LogP contribution in [0.15, 0.2) is 0 Å². The molecule has 3 unspecified atom stereocenters. The van der Waals surface area contributed by atoms with Gasteiger partial charge < -0.3 is 5.73 Å². The normalized spacial score (nSPS) is 29.8. The predicted octanol–water partition coefficient (Wildman–Crippen LogP) is 3.02. The van der Waals surface area contributed by atoms with Crippen LogP contribution in [0.1, 0.15) is 39.5 Å². The van der Waals surface area contributed by atoms with E-state index < -0.39 is 12.7 Å². The van der Waals surface area contributed by atoms with Crippen LogP contribution in [0.2, 0.25) is 0 Å². The van der Waals surface area contributed by atoms with Crippen LogP contribution in [0.3, 0.4) is 0 Å². The first-order valence-electron chi connectivity index (χ1n) is 6.92. The molecule has 0 bridgehead atoms. The first kappa shape index (κ1) is 15.8. The summed E-state index contributed by atoms with van der Waals surface area (Å²) < 4.78 is 37.8. The third-order valence-electron chi connectivity index (χ3n) is 4.20. The van der Waals surface area contributed by atoms with Crippen molar-refractivity contribution in [1.82, 2.24) is 4.90 Å². The van der Waals surface area contributed by atoms with Crippen LogP contribution in [0.4, 0.5) is 13.2 Å². The third-order valence-corrected chi connectivity index (χ3v) is 4.20. The van der Waals surface area contributed by atoms with Gasteiger partial charge >= 0.3 is 6.18 Å². The van der Waals surface area contributed by atoms with Crippen molar-refractivity contribution in [3.63, 3.8) is 0 Å². The van der Waals surface area contributed by atoms with Crippen molar-refractivity contribution in [2.45, 2.75) is 51.7 Å². The number of rotatable bonds is 5. The lowest BCUT2D eigenvalue weighted by atomic mass is 9.76. The van der Waals surface area contributed by atoms with Gasteiger partial charge in [0.2, 0.25) is 0 Å². The smallest absolute Gasteiger partial charge is 0.330 e. The Hall–Kier alpha value is -0.290. The third kappa shape index (κ3) is 4.43. The second kappa shape index (κ2) is 6.75. The van der Waals surface area contributed by atoms with E-state index in [2.05, 4.69) is 6.92 Å². The lowest BCUT2D eigenvalue weighted by Crippen LogP contribution is -2.49. The summed E-state index contributed by atoms with van der Waals surface area (Å²) in [5.74, 6) is 0.773. The van der Waals surface area contributed by atoms with Crippen LogP contribution < -0.4 is 5.73 Å². The number of nitrogens with two attached hydrogens (primary N) is 1. The van der Waals surface area contributed by atoms with Gasteiger partial charge in [0.1, 0.15) is 0 Å². The highest BCUT2D eigenvalue weighted by atomic mass is 19.4. The molecule has 0 spiro atoms. The average molecular weight is 266 g/mol. The molecule has 0 aromatic rings. The van der Waals surface area contributed by atoms with Gasteiger partial charge in [-0.1, -0.05) is 26.7 Å². The summed E-state index contributed by atoms with van der Waals surface area (Å²) in [5, 5.41) is 0. The quantitative estimate of drug-likeness (QED) is 0.828. The van der Waals surface area contributed by atoms with E-state index in [-0.39, 0.29) is 12.0 Å². The van der Waals surface area contributed by atoms with Crippen molar-refractivity contribution < 1.29 is 13.2 Å². The first-order valence-corrected chi connectivity index (χ1v) is 6.92. The SMILES string of the molecule is CCC1CCC(CN)C(N(CC)CC(F)(F)F)C1. The molecule has 0 aliphatic heterocycles. The molecule has 1 fully saturated rings. The number of nitrogens with zero attached hydrogens (tertiary/aromatic N) is 1. The fourth-order valence-corrected chi connectivity index (χ4v) is 3.08. The van der Waals surface area contributed by atoms with Gasteiger partial charge in [-0.2, -0.15) is 13.2 Å². The van der Waals surface area contributed by atoms with Crippen molar-refractivity contribution in [3.8, 4) is 0 Å². The lowest BCUT2D eigenvalue weighted by molar-refractivity contribution is -0.155. The van der Waals surface area contributed by atoms with Crippen LogP contribution in [-0.4, -0.2) is 36.8 Å². The molecule has 3 atom stereocenters. The summed E-state index contributed by atoms with van der Waals surface area (Å²) in [7, 11) is 0. The van der Waals surface area contributed by atoms with Crippen molar-refractivity contribution >= 4 is 0 Å². The molecule has 0 radical (unpaired) electrons. The van der Waals surface area contributed by atoms with Crippen molar-refractivity contribution in [3.05, 3.63) is 0 Å². The molecule has 1 aliphatic carbocycles. The van der Waals surface area contributed by atoms with E-state index >= 15 is 0 Å². The van der Waals surface area contributed by atoms with Gasteiger partial charge in [-0.25, -0.2) is 0 Å². The minimum atomic E-state index is -4.12. The maximum absolute atomic E-state index is 12.6. The van der Waals surface area contributed by atoms with Crippen molar-refractivity contribution in [2.24, 2.45) is 17.6 Å². The molecule has 0 heterocycles. The average Bonchev–Trinajstić information content (AvgIpc) is 2.34. The van der Waals surface area contributed by atoms with Crippen molar-refractivity contribution in [1.29, 1.82) is 0 Å². The van der Waals surface area contributed by atoms with Gasteiger partial charge in [0, 0.05) is 6.04 Å². The summed E-state index contributed by atoms with van der Waals surface area (Å²) >= 11 is 0. The van der Waals surface area contributed by atoms with Crippen molar-refractivity contribution in [2.75, 3.05) is 19.6 Å². The molecule has 1 rings (SSSR count). The molecular weight excluding hydrogens is 241 g/mol. The molecule has 0 amide bonds. The summed E-state index contributed by atoms with van der Waals surface area (Å²) in [6, 6.07) is 0.000301. The van der Waals surface area contributed by atoms with Crippen LogP contribution in [0.25, 0.3) is 0 Å². The number of hydrogen-bond acceptors (Lipinski definition) is 2. The summed E-state index contributed by atoms with van der Waals surface area (Å²) in [6.07, 6.45) is -0.125. The molecule has 2 nitrogen and oxygen atoms in total. The molecule has 1 aliphatic rings. The highest BCUT2D eigenvalue weighted by molar-refractivity contribution is 4.87. The van der Waals surface area contributed by atoms with Crippen LogP contribution >= 0.6 is 0 Å². The van der Waals surface area contributed by atoms with Gasteiger partial charge in [-0.05, 0) is 37.8 Å². The maximum atomic E-state index is 12.6. The van der Waals surface area contributed by atoms with E-state index in [0.29, 0.717) is 19.0 Å². The summed E-state index contributed by atoms with van der Waals surface area (Å²) in [6.45, 7) is 4.05. The zero-order valence-corrected chi connectivity index (χ0v) is 11.3. The Bertz CT molecular complexity index is 243. The minimum absolute atomic E-state index is 0.000301. The molecule has 0 saturated heterocycles. The largest absolute Gasteiger partial charge is 0.401 e. The summed E-state index contributed by atoms with van der Waals surface area (Å²) in [4.78, 5) is 1.57. The Kier molecular flexibility index (Phi) is 5.92. The second-order valence-corrected chi connectivity index (χ2v) is 5.33. The van der Waals surface area contributed by atoms with Crippen LogP contribution in [-0.2, 0) is 0 Å². The van der Waals surface area contributed by atoms with Crippen LogP contribution in [0, 0.1) is 11.8 Å². The van der Waals surface area contributed by atoms with Gasteiger partial charge in [0.25, 0.3) is 0 Å². The molecule has 0 aromatic heterocycles. The predicted molar refractivity (Wildman–Crippen MR) is 67.3 cm³/mol. The molecular formula is C13H25F3N2. The molecule has 0 aromatic carbocycles. The number of hydrogen-bond donors (Lipinski definition) is 1. The molecule has 108 valence electrons.